The molecule has 1 N–H and O–H groups in total. The zero-order valence-corrected chi connectivity index (χ0v) is 15.2. The van der Waals surface area contributed by atoms with E-state index in [1.807, 2.05) is 0 Å². The quantitative estimate of drug-likeness (QED) is 0.496. The Bertz CT molecular complexity index is 619. The van der Waals surface area contributed by atoms with Crippen LogP contribution >= 0.6 is 0 Å². The maximum atomic E-state index is 11.7. The van der Waals surface area contributed by atoms with Gasteiger partial charge in [0, 0.05) is 32.6 Å². The number of likely N-dealkylation sites (tertiary alicyclic amines) is 1. The van der Waals surface area contributed by atoms with Gasteiger partial charge in [0.2, 0.25) is 0 Å². The van der Waals surface area contributed by atoms with E-state index in [4.69, 9.17) is 9.73 Å². The third-order valence-electron chi connectivity index (χ3n) is 4.97. The molecule has 0 bridgehead atoms. The summed E-state index contributed by atoms with van der Waals surface area (Å²) in [6, 6.07) is 0. The van der Waals surface area contributed by atoms with Crippen LogP contribution in [0.3, 0.4) is 0 Å². The Kier molecular flexibility index (Phi) is 5.88. The smallest absolute Gasteiger partial charge is 0.308 e. The highest BCUT2D eigenvalue weighted by Crippen LogP contribution is 2.19. The van der Waals surface area contributed by atoms with Gasteiger partial charge >= 0.3 is 5.97 Å². The van der Waals surface area contributed by atoms with Crippen molar-refractivity contribution in [1.29, 1.82) is 0 Å². The van der Waals surface area contributed by atoms with Gasteiger partial charge in [0.25, 0.3) is 0 Å². The van der Waals surface area contributed by atoms with Crippen LogP contribution in [0, 0.1) is 5.92 Å². The van der Waals surface area contributed by atoms with E-state index in [9.17, 15) is 4.79 Å². The molecule has 0 atom stereocenters. The van der Waals surface area contributed by atoms with Crippen LogP contribution in [0.15, 0.2) is 4.99 Å². The normalized spacial score (nSPS) is 18.8. The van der Waals surface area contributed by atoms with Crippen molar-refractivity contribution in [3.63, 3.8) is 0 Å². The summed E-state index contributed by atoms with van der Waals surface area (Å²) in [5.41, 5.74) is 0. The van der Waals surface area contributed by atoms with Crippen molar-refractivity contribution >= 4 is 11.9 Å². The Balaban J connectivity index is 1.64. The minimum Gasteiger partial charge on any atom is -0.469 e. The number of hydrogen-bond donors (Lipinski definition) is 1. The summed E-state index contributed by atoms with van der Waals surface area (Å²) in [4.78, 5) is 18.7. The number of carbonyl (C=O) groups excluding carboxylic acids is 1. The van der Waals surface area contributed by atoms with Gasteiger partial charge in [0.1, 0.15) is 12.4 Å². The fourth-order valence-electron chi connectivity index (χ4n) is 3.55. The van der Waals surface area contributed by atoms with Crippen LogP contribution in [0.2, 0.25) is 0 Å². The summed E-state index contributed by atoms with van der Waals surface area (Å²) < 4.78 is 7.07. The van der Waals surface area contributed by atoms with Crippen molar-refractivity contribution in [3.05, 3.63) is 11.6 Å². The molecule has 3 heterocycles. The summed E-state index contributed by atoms with van der Waals surface area (Å²) in [6.45, 7) is 6.02. The van der Waals surface area contributed by atoms with Gasteiger partial charge in [0.05, 0.1) is 13.0 Å². The number of ether oxygens (including phenoxy) is 1. The molecular formula is C17H28N6O2. The van der Waals surface area contributed by atoms with Crippen LogP contribution in [-0.4, -0.2) is 58.3 Å². The molecule has 8 nitrogen and oxygen atoms in total. The molecule has 1 saturated heterocycles. The first kappa shape index (κ1) is 17.7. The third-order valence-corrected chi connectivity index (χ3v) is 4.97. The van der Waals surface area contributed by atoms with Crippen LogP contribution in [0.25, 0.3) is 0 Å². The van der Waals surface area contributed by atoms with E-state index in [-0.39, 0.29) is 11.9 Å². The lowest BCUT2D eigenvalue weighted by Gasteiger charge is -2.33. The van der Waals surface area contributed by atoms with Gasteiger partial charge in [-0.2, -0.15) is 0 Å². The zero-order valence-electron chi connectivity index (χ0n) is 15.2. The molecule has 1 fully saturated rings. The largest absolute Gasteiger partial charge is 0.469 e. The van der Waals surface area contributed by atoms with E-state index >= 15 is 0 Å². The van der Waals surface area contributed by atoms with Crippen molar-refractivity contribution in [3.8, 4) is 0 Å². The SMILES string of the molecule is CCNC(=NCc1nnc2n1CCCC2)N1CCC(C(=O)OC)CC1. The Morgan fingerprint density at radius 3 is 2.80 bits per heavy atom. The molecule has 0 aliphatic carbocycles. The van der Waals surface area contributed by atoms with E-state index in [0.29, 0.717) is 6.54 Å². The second-order valence-corrected chi connectivity index (χ2v) is 6.60. The second kappa shape index (κ2) is 8.31. The maximum Gasteiger partial charge on any atom is 0.308 e. The molecule has 1 aromatic rings. The number of methoxy groups -OCH3 is 1. The number of esters is 1. The summed E-state index contributed by atoms with van der Waals surface area (Å²) in [6.07, 6.45) is 4.99. The van der Waals surface area contributed by atoms with E-state index < -0.39 is 0 Å². The number of fused-ring (bicyclic) bond motifs is 1. The summed E-state index contributed by atoms with van der Waals surface area (Å²) >= 11 is 0. The molecule has 2 aliphatic rings. The zero-order chi connectivity index (χ0) is 17.6. The van der Waals surface area contributed by atoms with Gasteiger partial charge in [-0.3, -0.25) is 4.79 Å². The molecule has 25 heavy (non-hydrogen) atoms. The molecule has 1 aromatic heterocycles. The average molecular weight is 348 g/mol. The number of nitrogens with zero attached hydrogens (tertiary/aromatic N) is 5. The molecule has 0 radical (unpaired) electrons. The Labute approximate surface area is 148 Å². The number of rotatable bonds is 4. The van der Waals surface area contributed by atoms with Gasteiger partial charge in [-0.05, 0) is 32.6 Å². The van der Waals surface area contributed by atoms with Gasteiger partial charge in [-0.1, -0.05) is 0 Å². The van der Waals surface area contributed by atoms with E-state index in [1.165, 1.54) is 20.0 Å². The number of guanidine groups is 1. The number of aryl methyl sites for hydroxylation is 1. The summed E-state index contributed by atoms with van der Waals surface area (Å²) in [5.74, 6) is 2.82. The fourth-order valence-corrected chi connectivity index (χ4v) is 3.55. The van der Waals surface area contributed by atoms with Crippen LogP contribution in [0.1, 0.15) is 44.3 Å². The first-order chi connectivity index (χ1) is 12.2. The summed E-state index contributed by atoms with van der Waals surface area (Å²) in [5, 5.41) is 12.0. The van der Waals surface area contributed by atoms with E-state index in [2.05, 4.69) is 31.9 Å². The summed E-state index contributed by atoms with van der Waals surface area (Å²) in [7, 11) is 1.46. The van der Waals surface area contributed by atoms with E-state index in [0.717, 1.165) is 63.0 Å². The van der Waals surface area contributed by atoms with Gasteiger partial charge in [-0.25, -0.2) is 4.99 Å². The van der Waals surface area contributed by atoms with Gasteiger partial charge < -0.3 is 19.5 Å². The molecule has 138 valence electrons. The minimum absolute atomic E-state index is 0.00708. The lowest BCUT2D eigenvalue weighted by Crippen LogP contribution is -2.46. The van der Waals surface area contributed by atoms with Crippen molar-refractivity contribution in [2.75, 3.05) is 26.7 Å². The highest BCUT2D eigenvalue weighted by molar-refractivity contribution is 5.80. The number of aliphatic imine (C=N–C) groups is 1. The highest BCUT2D eigenvalue weighted by Gasteiger charge is 2.27. The highest BCUT2D eigenvalue weighted by atomic mass is 16.5. The average Bonchev–Trinajstić information content (AvgIpc) is 3.08. The molecule has 0 spiro atoms. The van der Waals surface area contributed by atoms with Crippen LogP contribution in [0.5, 0.6) is 0 Å². The first-order valence-electron chi connectivity index (χ1n) is 9.25. The van der Waals surface area contributed by atoms with E-state index in [1.54, 1.807) is 0 Å². The third kappa shape index (κ3) is 4.11. The standard InChI is InChI=1S/C17H28N6O2/c1-3-18-17(22-10-7-13(8-11-22)16(24)25-2)19-12-15-21-20-14-6-4-5-9-23(14)15/h13H,3-12H2,1-2H3,(H,18,19). The Morgan fingerprint density at radius 1 is 1.28 bits per heavy atom. The van der Waals surface area contributed by atoms with Crippen LogP contribution in [-0.2, 0) is 29.0 Å². The fraction of sp³-hybridized carbons (Fsp3) is 0.765. The number of aromatic nitrogens is 3. The number of carbonyl (C=O) groups is 1. The van der Waals surface area contributed by atoms with Crippen molar-refractivity contribution in [1.82, 2.24) is 25.0 Å². The number of nitrogens with one attached hydrogen (secondary N) is 1. The minimum atomic E-state index is -0.100. The predicted octanol–water partition coefficient (Wildman–Crippen LogP) is 0.965. The lowest BCUT2D eigenvalue weighted by molar-refractivity contribution is -0.146. The Morgan fingerprint density at radius 2 is 2.08 bits per heavy atom. The van der Waals surface area contributed by atoms with Crippen molar-refractivity contribution in [2.24, 2.45) is 10.9 Å². The maximum absolute atomic E-state index is 11.7. The predicted molar refractivity (Wildman–Crippen MR) is 94.1 cm³/mol. The second-order valence-electron chi connectivity index (χ2n) is 6.60. The first-order valence-corrected chi connectivity index (χ1v) is 9.25. The Hall–Kier alpha value is -2.12. The van der Waals surface area contributed by atoms with Gasteiger partial charge in [0.15, 0.2) is 11.8 Å². The van der Waals surface area contributed by atoms with Crippen molar-refractivity contribution in [2.45, 2.75) is 52.1 Å². The monoisotopic (exact) mass is 348 g/mol. The molecule has 0 amide bonds. The van der Waals surface area contributed by atoms with Crippen LogP contribution in [0.4, 0.5) is 0 Å². The van der Waals surface area contributed by atoms with Gasteiger partial charge in [-0.15, -0.1) is 10.2 Å². The number of hydrogen-bond acceptors (Lipinski definition) is 5. The molecule has 8 heteroatoms. The molecule has 3 rings (SSSR count). The molecular weight excluding hydrogens is 320 g/mol. The molecule has 0 aromatic carbocycles. The molecule has 0 unspecified atom stereocenters. The molecule has 0 saturated carbocycles. The molecule has 2 aliphatic heterocycles. The van der Waals surface area contributed by atoms with Crippen LogP contribution < -0.4 is 5.32 Å². The topological polar surface area (TPSA) is 84.6 Å². The number of piperidine rings is 1. The lowest BCUT2D eigenvalue weighted by atomic mass is 9.97. The van der Waals surface area contributed by atoms with Crippen molar-refractivity contribution < 1.29 is 9.53 Å².